The van der Waals surface area contributed by atoms with Crippen LogP contribution in [0, 0.1) is 0 Å². The van der Waals surface area contributed by atoms with Crippen molar-refractivity contribution in [3.05, 3.63) is 16.1 Å². The lowest BCUT2D eigenvalue weighted by molar-refractivity contribution is 0.778. The summed E-state index contributed by atoms with van der Waals surface area (Å²) in [5.74, 6) is 1.06. The van der Waals surface area contributed by atoms with Crippen LogP contribution in [0.1, 0.15) is 24.5 Å². The highest BCUT2D eigenvalue weighted by Crippen LogP contribution is 2.20. The fraction of sp³-hybridized carbons (Fsp3) is 0.700. The lowest BCUT2D eigenvalue weighted by Crippen LogP contribution is -2.10. The van der Waals surface area contributed by atoms with E-state index < -0.39 is 0 Å². The zero-order chi connectivity index (χ0) is 10.4. The first kappa shape index (κ1) is 12.0. The largest absolute Gasteiger partial charge is 0.319 e. The minimum absolute atomic E-state index is 0.694. The Balaban J connectivity index is 2.35. The molecule has 0 radical (unpaired) electrons. The zero-order valence-corrected chi connectivity index (χ0v) is 10.7. The summed E-state index contributed by atoms with van der Waals surface area (Å²) < 4.78 is 0. The zero-order valence-electron chi connectivity index (χ0n) is 9.04. The van der Waals surface area contributed by atoms with E-state index in [9.17, 15) is 0 Å². The van der Waals surface area contributed by atoms with Gasteiger partial charge in [-0.1, -0.05) is 13.8 Å². The molecule has 0 aliphatic rings. The van der Waals surface area contributed by atoms with Gasteiger partial charge >= 0.3 is 0 Å². The van der Waals surface area contributed by atoms with E-state index in [4.69, 9.17) is 0 Å². The Kier molecular flexibility index (Phi) is 5.52. The molecule has 0 fully saturated rings. The molecule has 0 unspecified atom stereocenters. The molecule has 0 saturated carbocycles. The molecular weight excluding hydrogens is 212 g/mol. The second-order valence-corrected chi connectivity index (χ2v) is 5.95. The van der Waals surface area contributed by atoms with E-state index in [-0.39, 0.29) is 0 Å². The number of nitrogens with zero attached hydrogens (tertiary/aromatic N) is 1. The fourth-order valence-corrected chi connectivity index (χ4v) is 2.65. The minimum Gasteiger partial charge on any atom is -0.319 e. The number of likely N-dealkylation sites (N-methyl/N-ethyl adjacent to an activating group) is 1. The van der Waals surface area contributed by atoms with Gasteiger partial charge in [0.05, 0.1) is 5.69 Å². The average Bonchev–Trinajstić information content (AvgIpc) is 2.59. The van der Waals surface area contributed by atoms with Crippen molar-refractivity contribution in [2.24, 2.45) is 0 Å². The van der Waals surface area contributed by atoms with Gasteiger partial charge in [0, 0.05) is 24.1 Å². The lowest BCUT2D eigenvalue weighted by atomic mass is 10.3. The van der Waals surface area contributed by atoms with Crippen molar-refractivity contribution >= 4 is 23.1 Å². The number of thiazole rings is 1. The van der Waals surface area contributed by atoms with Crippen molar-refractivity contribution < 1.29 is 0 Å². The van der Waals surface area contributed by atoms with Crippen molar-refractivity contribution in [2.45, 2.75) is 31.3 Å². The van der Waals surface area contributed by atoms with Gasteiger partial charge in [-0.2, -0.15) is 11.8 Å². The number of rotatable bonds is 6. The van der Waals surface area contributed by atoms with Crippen molar-refractivity contribution in [2.75, 3.05) is 13.6 Å². The van der Waals surface area contributed by atoms with Crippen LogP contribution >= 0.6 is 23.1 Å². The van der Waals surface area contributed by atoms with Crippen LogP contribution in [0.15, 0.2) is 5.38 Å². The van der Waals surface area contributed by atoms with Crippen LogP contribution in [0.3, 0.4) is 0 Å². The molecule has 0 bridgehead atoms. The Morgan fingerprint density at radius 3 is 3.00 bits per heavy atom. The van der Waals surface area contributed by atoms with Crippen molar-refractivity contribution in [3.63, 3.8) is 0 Å². The fourth-order valence-electron chi connectivity index (χ4n) is 1.02. The van der Waals surface area contributed by atoms with Gasteiger partial charge in [0.15, 0.2) is 0 Å². The molecule has 2 nitrogen and oxygen atoms in total. The van der Waals surface area contributed by atoms with E-state index >= 15 is 0 Å². The van der Waals surface area contributed by atoms with Crippen LogP contribution in [-0.2, 0) is 12.2 Å². The normalized spacial score (nSPS) is 11.1. The summed E-state index contributed by atoms with van der Waals surface area (Å²) in [6, 6.07) is 0. The summed E-state index contributed by atoms with van der Waals surface area (Å²) in [5.41, 5.74) is 1.23. The molecule has 0 aromatic carbocycles. The third kappa shape index (κ3) is 4.44. The number of aromatic nitrogens is 1. The molecule has 1 aromatic heterocycles. The van der Waals surface area contributed by atoms with Gasteiger partial charge in [-0.3, -0.25) is 0 Å². The van der Waals surface area contributed by atoms with Crippen LogP contribution in [-0.4, -0.2) is 23.8 Å². The molecule has 80 valence electrons. The molecule has 0 amide bonds. The van der Waals surface area contributed by atoms with E-state index in [1.165, 1.54) is 10.7 Å². The summed E-state index contributed by atoms with van der Waals surface area (Å²) in [5, 5.41) is 7.26. The van der Waals surface area contributed by atoms with E-state index in [0.717, 1.165) is 18.7 Å². The second-order valence-electron chi connectivity index (χ2n) is 3.45. The van der Waals surface area contributed by atoms with Crippen molar-refractivity contribution in [1.82, 2.24) is 10.3 Å². The Labute approximate surface area is 94.5 Å². The molecule has 0 aliphatic heterocycles. The predicted molar refractivity (Wildman–Crippen MR) is 66.2 cm³/mol. The van der Waals surface area contributed by atoms with Crippen LogP contribution in [0.25, 0.3) is 0 Å². The highest BCUT2D eigenvalue weighted by molar-refractivity contribution is 7.99. The number of nitrogens with one attached hydrogen (secondary N) is 1. The molecular formula is C10H18N2S2. The summed E-state index contributed by atoms with van der Waals surface area (Å²) in [6.07, 6.45) is 1.04. The molecule has 0 spiro atoms. The lowest BCUT2D eigenvalue weighted by Gasteiger charge is -2.00. The van der Waals surface area contributed by atoms with Crippen LogP contribution < -0.4 is 5.32 Å². The summed E-state index contributed by atoms with van der Waals surface area (Å²) >= 11 is 3.74. The van der Waals surface area contributed by atoms with Gasteiger partial charge in [-0.15, -0.1) is 11.3 Å². The number of hydrogen-bond donors (Lipinski definition) is 1. The maximum absolute atomic E-state index is 4.58. The van der Waals surface area contributed by atoms with Gasteiger partial charge in [-0.05, 0) is 12.3 Å². The highest BCUT2D eigenvalue weighted by atomic mass is 32.2. The van der Waals surface area contributed by atoms with Crippen molar-refractivity contribution in [1.29, 1.82) is 0 Å². The molecule has 14 heavy (non-hydrogen) atoms. The summed E-state index contributed by atoms with van der Waals surface area (Å²) in [4.78, 5) is 4.58. The Hall–Kier alpha value is -0.0600. The smallest absolute Gasteiger partial charge is 0.103 e. The Bertz CT molecular complexity index is 258. The highest BCUT2D eigenvalue weighted by Gasteiger charge is 2.02. The van der Waals surface area contributed by atoms with E-state index in [1.54, 1.807) is 11.3 Å². The number of thioether (sulfide) groups is 1. The molecule has 0 saturated heterocycles. The predicted octanol–water partition coefficient (Wildman–Crippen LogP) is 2.55. The van der Waals surface area contributed by atoms with Crippen LogP contribution in [0.4, 0.5) is 0 Å². The number of hydrogen-bond acceptors (Lipinski definition) is 4. The maximum Gasteiger partial charge on any atom is 0.103 e. The minimum atomic E-state index is 0.694. The molecule has 1 N–H and O–H groups in total. The first-order chi connectivity index (χ1) is 6.72. The SMILES string of the molecule is CNCCc1csc(CSC(C)C)n1. The molecule has 1 heterocycles. The van der Waals surface area contributed by atoms with E-state index in [1.807, 2.05) is 18.8 Å². The van der Waals surface area contributed by atoms with Gasteiger partial charge in [-0.25, -0.2) is 4.98 Å². The van der Waals surface area contributed by atoms with Gasteiger partial charge < -0.3 is 5.32 Å². The van der Waals surface area contributed by atoms with Crippen LogP contribution in [0.2, 0.25) is 0 Å². The molecule has 1 aromatic rings. The van der Waals surface area contributed by atoms with E-state index in [0.29, 0.717) is 5.25 Å². The third-order valence-electron chi connectivity index (χ3n) is 1.77. The topological polar surface area (TPSA) is 24.9 Å². The molecule has 1 rings (SSSR count). The first-order valence-electron chi connectivity index (χ1n) is 4.92. The third-order valence-corrected chi connectivity index (χ3v) is 3.96. The maximum atomic E-state index is 4.58. The summed E-state index contributed by atoms with van der Waals surface area (Å²) in [7, 11) is 1.97. The van der Waals surface area contributed by atoms with E-state index in [2.05, 4.69) is 29.5 Å². The van der Waals surface area contributed by atoms with Gasteiger partial charge in [0.2, 0.25) is 0 Å². The Morgan fingerprint density at radius 2 is 2.36 bits per heavy atom. The van der Waals surface area contributed by atoms with Gasteiger partial charge in [0.1, 0.15) is 5.01 Å². The average molecular weight is 230 g/mol. The first-order valence-corrected chi connectivity index (χ1v) is 6.84. The molecule has 0 aliphatic carbocycles. The standard InChI is InChI=1S/C10H18N2S2/c1-8(2)13-7-10-12-9(6-14-10)4-5-11-3/h6,8,11H,4-5,7H2,1-3H3. The second kappa shape index (κ2) is 6.43. The van der Waals surface area contributed by atoms with Crippen molar-refractivity contribution in [3.8, 4) is 0 Å². The quantitative estimate of drug-likeness (QED) is 0.813. The monoisotopic (exact) mass is 230 g/mol. The molecule has 0 atom stereocenters. The van der Waals surface area contributed by atoms with Gasteiger partial charge in [0.25, 0.3) is 0 Å². The molecule has 4 heteroatoms. The summed E-state index contributed by atoms with van der Waals surface area (Å²) in [6.45, 7) is 5.46. The van der Waals surface area contributed by atoms with Crippen LogP contribution in [0.5, 0.6) is 0 Å². The Morgan fingerprint density at radius 1 is 1.57 bits per heavy atom.